The van der Waals surface area contributed by atoms with Crippen LogP contribution < -0.4 is 5.32 Å². The summed E-state index contributed by atoms with van der Waals surface area (Å²) in [6.07, 6.45) is 0. The number of halogens is 2. The summed E-state index contributed by atoms with van der Waals surface area (Å²) in [5, 5.41) is 13.5. The highest BCUT2D eigenvalue weighted by Crippen LogP contribution is 2.25. The van der Waals surface area contributed by atoms with E-state index in [4.69, 9.17) is 16.3 Å². The normalized spacial score (nSPS) is 11.9. The van der Waals surface area contributed by atoms with Gasteiger partial charge < -0.3 is 10.1 Å². The quantitative estimate of drug-likeness (QED) is 0.485. The van der Waals surface area contributed by atoms with Gasteiger partial charge in [-0.3, -0.25) is 14.9 Å². The third-order valence-electron chi connectivity index (χ3n) is 2.25. The number of hydrogen-bond acceptors (Lipinski definition) is 4. The van der Waals surface area contributed by atoms with Crippen molar-refractivity contribution in [1.82, 2.24) is 5.32 Å². The van der Waals surface area contributed by atoms with Gasteiger partial charge in [0.05, 0.1) is 21.4 Å². The Hall–Kier alpha value is -1.18. The number of nitro benzene ring substituents is 1. The average Bonchev–Trinajstić information content (AvgIpc) is 2.36. The molecule has 1 aromatic carbocycles. The van der Waals surface area contributed by atoms with Crippen molar-refractivity contribution in [3.8, 4) is 0 Å². The third-order valence-corrected chi connectivity index (χ3v) is 3.15. The molecular formula is C11H12BrClN2O4. The van der Waals surface area contributed by atoms with Crippen LogP contribution in [0.2, 0.25) is 5.02 Å². The zero-order valence-electron chi connectivity index (χ0n) is 10.1. The molecule has 1 aromatic rings. The number of nitro groups is 1. The topological polar surface area (TPSA) is 81.5 Å². The lowest BCUT2D eigenvalue weighted by atomic mass is 10.1. The van der Waals surface area contributed by atoms with E-state index in [9.17, 15) is 14.9 Å². The van der Waals surface area contributed by atoms with Crippen LogP contribution in [-0.4, -0.2) is 35.9 Å². The van der Waals surface area contributed by atoms with Crippen molar-refractivity contribution < 1.29 is 14.5 Å². The monoisotopic (exact) mass is 350 g/mol. The third kappa shape index (κ3) is 4.45. The molecule has 0 aliphatic heterocycles. The van der Waals surface area contributed by atoms with Crippen molar-refractivity contribution in [2.45, 2.75) is 4.83 Å². The maximum absolute atomic E-state index is 11.9. The Labute approximate surface area is 123 Å². The Kier molecular flexibility index (Phi) is 6.20. The molecule has 0 heterocycles. The summed E-state index contributed by atoms with van der Waals surface area (Å²) >= 11 is 9.14. The maximum atomic E-state index is 11.9. The van der Waals surface area contributed by atoms with Crippen molar-refractivity contribution >= 4 is 39.1 Å². The molecule has 104 valence electrons. The van der Waals surface area contributed by atoms with E-state index < -0.39 is 10.8 Å². The van der Waals surface area contributed by atoms with E-state index in [0.717, 1.165) is 0 Å². The molecule has 1 atom stereocenters. The van der Waals surface area contributed by atoms with Crippen LogP contribution in [-0.2, 0) is 4.74 Å². The van der Waals surface area contributed by atoms with Crippen LogP contribution in [0.4, 0.5) is 5.69 Å². The van der Waals surface area contributed by atoms with Crippen LogP contribution in [0.15, 0.2) is 18.2 Å². The van der Waals surface area contributed by atoms with Crippen LogP contribution in [0, 0.1) is 10.1 Å². The highest BCUT2D eigenvalue weighted by Gasteiger charge is 2.23. The second kappa shape index (κ2) is 7.42. The maximum Gasteiger partial charge on any atom is 0.283 e. The molecule has 0 spiro atoms. The highest BCUT2D eigenvalue weighted by molar-refractivity contribution is 9.09. The largest absolute Gasteiger partial charge is 0.383 e. The molecule has 19 heavy (non-hydrogen) atoms. The second-order valence-electron chi connectivity index (χ2n) is 3.65. The Morgan fingerprint density at radius 2 is 2.32 bits per heavy atom. The van der Waals surface area contributed by atoms with Crippen LogP contribution >= 0.6 is 27.5 Å². The molecule has 0 aliphatic carbocycles. The summed E-state index contributed by atoms with van der Waals surface area (Å²) in [6.45, 7) is 0.681. The number of nitrogens with zero attached hydrogens (tertiary/aromatic N) is 1. The van der Waals surface area contributed by atoms with E-state index in [2.05, 4.69) is 21.2 Å². The van der Waals surface area contributed by atoms with Crippen LogP contribution in [0.1, 0.15) is 10.4 Å². The molecule has 1 amide bonds. The molecule has 0 saturated carbocycles. The lowest BCUT2D eigenvalue weighted by Crippen LogP contribution is -2.32. The smallest absolute Gasteiger partial charge is 0.283 e. The molecule has 1 unspecified atom stereocenters. The number of alkyl halides is 1. The van der Waals surface area contributed by atoms with E-state index in [1.165, 1.54) is 25.3 Å². The molecule has 6 nitrogen and oxygen atoms in total. The van der Waals surface area contributed by atoms with Gasteiger partial charge in [-0.2, -0.15) is 0 Å². The summed E-state index contributed by atoms with van der Waals surface area (Å²) in [5.74, 6) is -0.585. The second-order valence-corrected chi connectivity index (χ2v) is 5.36. The number of benzene rings is 1. The lowest BCUT2D eigenvalue weighted by molar-refractivity contribution is -0.385. The molecular weight excluding hydrogens is 339 g/mol. The fourth-order valence-electron chi connectivity index (χ4n) is 1.42. The number of methoxy groups -OCH3 is 1. The summed E-state index contributed by atoms with van der Waals surface area (Å²) in [6, 6.07) is 4.10. The van der Waals surface area contributed by atoms with Crippen molar-refractivity contribution in [2.24, 2.45) is 0 Å². The number of carbonyl (C=O) groups excluding carboxylic acids is 1. The SMILES string of the molecule is COCC(Br)CNC(=O)c1c(Cl)cccc1[N+](=O)[O-]. The van der Waals surface area contributed by atoms with E-state index >= 15 is 0 Å². The van der Waals surface area contributed by atoms with Crippen molar-refractivity contribution in [2.75, 3.05) is 20.3 Å². The molecule has 0 fully saturated rings. The van der Waals surface area contributed by atoms with Gasteiger partial charge in [0.2, 0.25) is 0 Å². The van der Waals surface area contributed by atoms with Crippen LogP contribution in [0.25, 0.3) is 0 Å². The predicted molar refractivity (Wildman–Crippen MR) is 75.0 cm³/mol. The minimum Gasteiger partial charge on any atom is -0.383 e. The molecule has 1 N–H and O–H groups in total. The minimum absolute atomic E-state index is 0.0459. The van der Waals surface area contributed by atoms with Crippen molar-refractivity contribution in [3.63, 3.8) is 0 Å². The fourth-order valence-corrected chi connectivity index (χ4v) is 2.10. The van der Waals surface area contributed by atoms with Gasteiger partial charge >= 0.3 is 0 Å². The Balaban J connectivity index is 2.85. The zero-order chi connectivity index (χ0) is 14.4. The highest BCUT2D eigenvalue weighted by atomic mass is 79.9. The summed E-state index contributed by atoms with van der Waals surface area (Å²) in [5.41, 5.74) is -0.450. The first-order valence-electron chi connectivity index (χ1n) is 5.31. The molecule has 0 radical (unpaired) electrons. The molecule has 0 saturated heterocycles. The molecule has 0 aromatic heterocycles. The average molecular weight is 352 g/mol. The summed E-state index contributed by atoms with van der Waals surface area (Å²) < 4.78 is 4.89. The number of hydrogen-bond donors (Lipinski definition) is 1. The van der Waals surface area contributed by atoms with Crippen molar-refractivity contribution in [1.29, 1.82) is 0 Å². The zero-order valence-corrected chi connectivity index (χ0v) is 12.4. The van der Waals surface area contributed by atoms with Crippen molar-refractivity contribution in [3.05, 3.63) is 38.9 Å². The van der Waals surface area contributed by atoms with E-state index in [-0.39, 0.29) is 27.6 Å². The number of rotatable bonds is 6. The minimum atomic E-state index is -0.637. The van der Waals surface area contributed by atoms with E-state index in [1.807, 2.05) is 0 Å². The Morgan fingerprint density at radius 3 is 2.89 bits per heavy atom. The van der Waals surface area contributed by atoms with Crippen LogP contribution in [0.5, 0.6) is 0 Å². The first-order valence-corrected chi connectivity index (χ1v) is 6.60. The predicted octanol–water partition coefficient (Wildman–Crippen LogP) is 2.39. The van der Waals surface area contributed by atoms with Gasteiger partial charge in [-0.1, -0.05) is 33.6 Å². The van der Waals surface area contributed by atoms with Gasteiger partial charge in [-0.15, -0.1) is 0 Å². The molecule has 8 heteroatoms. The Morgan fingerprint density at radius 1 is 1.63 bits per heavy atom. The number of amides is 1. The number of carbonyl (C=O) groups is 1. The van der Waals surface area contributed by atoms with Gasteiger partial charge in [0.1, 0.15) is 5.56 Å². The van der Waals surface area contributed by atoms with Gasteiger partial charge in [-0.25, -0.2) is 0 Å². The van der Waals surface area contributed by atoms with Gasteiger partial charge in [-0.05, 0) is 6.07 Å². The lowest BCUT2D eigenvalue weighted by Gasteiger charge is -2.11. The van der Waals surface area contributed by atoms with Gasteiger partial charge in [0.25, 0.3) is 11.6 Å². The molecule has 0 bridgehead atoms. The fraction of sp³-hybridized carbons (Fsp3) is 0.364. The Bertz CT molecular complexity index is 484. The number of ether oxygens (including phenoxy) is 1. The summed E-state index contributed by atoms with van der Waals surface area (Å²) in [7, 11) is 1.54. The summed E-state index contributed by atoms with van der Waals surface area (Å²) in [4.78, 5) is 22.1. The molecule has 1 rings (SSSR count). The van der Waals surface area contributed by atoms with Gasteiger partial charge in [0.15, 0.2) is 0 Å². The molecule has 0 aliphatic rings. The number of nitrogens with one attached hydrogen (secondary N) is 1. The standard InChI is InChI=1S/C11H12BrClN2O4/c1-19-6-7(12)5-14-11(16)10-8(13)3-2-4-9(10)15(17)18/h2-4,7H,5-6H2,1H3,(H,14,16). The first-order chi connectivity index (χ1) is 8.97. The van der Waals surface area contributed by atoms with E-state index in [1.54, 1.807) is 0 Å². The van der Waals surface area contributed by atoms with E-state index in [0.29, 0.717) is 6.61 Å². The van der Waals surface area contributed by atoms with Crippen LogP contribution in [0.3, 0.4) is 0 Å². The van der Waals surface area contributed by atoms with Gasteiger partial charge in [0, 0.05) is 19.7 Å². The first kappa shape index (κ1) is 15.9.